The van der Waals surface area contributed by atoms with Crippen LogP contribution in [0.1, 0.15) is 0 Å². The van der Waals surface area contributed by atoms with Gasteiger partial charge in [0.15, 0.2) is 0 Å². The third kappa shape index (κ3) is 2.02. The topological polar surface area (TPSA) is 56.0 Å². The van der Waals surface area contributed by atoms with Crippen molar-refractivity contribution in [1.82, 2.24) is 4.98 Å². The van der Waals surface area contributed by atoms with E-state index in [9.17, 15) is 10.1 Å². The first-order valence-corrected chi connectivity index (χ1v) is 5.70. The van der Waals surface area contributed by atoms with E-state index in [1.807, 2.05) is 0 Å². The lowest BCUT2D eigenvalue weighted by Gasteiger charge is -2.06. The zero-order valence-electron chi connectivity index (χ0n) is 7.88. The Morgan fingerprint density at radius 3 is 2.35 bits per heavy atom. The average molecular weight is 312 g/mol. The van der Waals surface area contributed by atoms with Gasteiger partial charge >= 0.3 is 5.69 Å². The van der Waals surface area contributed by atoms with Crippen molar-refractivity contribution in [2.75, 3.05) is 0 Å². The number of aromatic nitrogens is 1. The molecule has 0 spiro atoms. The number of benzene rings is 1. The molecule has 2 aromatic rings. The largest absolute Gasteiger partial charge is 0.306 e. The van der Waals surface area contributed by atoms with E-state index < -0.39 is 4.92 Å². The van der Waals surface area contributed by atoms with Crippen LogP contribution < -0.4 is 0 Å². The minimum atomic E-state index is -0.653. The van der Waals surface area contributed by atoms with Crippen LogP contribution >= 0.6 is 46.4 Å². The molecule has 1 aromatic heterocycles. The average Bonchev–Trinajstić information content (AvgIpc) is 2.25. The first-order chi connectivity index (χ1) is 7.93. The Bertz CT molecular complexity index is 645. The highest BCUT2D eigenvalue weighted by Gasteiger charge is 2.21. The summed E-state index contributed by atoms with van der Waals surface area (Å²) in [4.78, 5) is 13.9. The van der Waals surface area contributed by atoms with Crippen LogP contribution in [0, 0.1) is 10.1 Å². The molecule has 0 saturated carbocycles. The predicted octanol–water partition coefficient (Wildman–Crippen LogP) is 4.76. The lowest BCUT2D eigenvalue weighted by atomic mass is 10.2. The summed E-state index contributed by atoms with van der Waals surface area (Å²) in [6, 6.07) is 1.41. The molecule has 0 unspecified atom stereocenters. The van der Waals surface area contributed by atoms with E-state index in [4.69, 9.17) is 46.4 Å². The van der Waals surface area contributed by atoms with Gasteiger partial charge in [0.05, 0.1) is 25.5 Å². The van der Waals surface area contributed by atoms with Gasteiger partial charge in [-0.2, -0.15) is 0 Å². The highest BCUT2D eigenvalue weighted by Crippen LogP contribution is 2.41. The fourth-order valence-corrected chi connectivity index (χ4v) is 2.45. The summed E-state index contributed by atoms with van der Waals surface area (Å²) in [7, 11) is 0. The van der Waals surface area contributed by atoms with E-state index >= 15 is 0 Å². The van der Waals surface area contributed by atoms with Crippen LogP contribution in [0.25, 0.3) is 10.9 Å². The smallest absolute Gasteiger partial charge is 0.258 e. The number of nitrogens with zero attached hydrogens (tertiary/aromatic N) is 2. The number of fused-ring (bicyclic) bond motifs is 1. The molecule has 1 heterocycles. The SMILES string of the molecule is O=[N+]([O-])c1cnc2c(Cl)cc(Cl)c(Cl)c2c1Cl. The fraction of sp³-hybridized carbons (Fsp3) is 0. The van der Waals surface area contributed by atoms with Crippen molar-refractivity contribution in [2.45, 2.75) is 0 Å². The van der Waals surface area contributed by atoms with Gasteiger partial charge in [-0.1, -0.05) is 46.4 Å². The zero-order chi connectivity index (χ0) is 12.7. The summed E-state index contributed by atoms with van der Waals surface area (Å²) in [6.07, 6.45) is 1.03. The minimum absolute atomic E-state index is 0.0901. The van der Waals surface area contributed by atoms with Crippen molar-refractivity contribution in [3.63, 3.8) is 0 Å². The van der Waals surface area contributed by atoms with Gasteiger partial charge in [-0.25, -0.2) is 4.98 Å². The number of hydrogen-bond donors (Lipinski definition) is 0. The van der Waals surface area contributed by atoms with E-state index in [0.29, 0.717) is 0 Å². The normalized spacial score (nSPS) is 10.8. The molecular formula is C9H2Cl4N2O2. The number of hydrogen-bond acceptors (Lipinski definition) is 3. The van der Waals surface area contributed by atoms with Crippen molar-refractivity contribution in [1.29, 1.82) is 0 Å². The number of rotatable bonds is 1. The molecule has 0 aliphatic carbocycles. The molecule has 1 aromatic carbocycles. The van der Waals surface area contributed by atoms with E-state index in [1.165, 1.54) is 6.07 Å². The van der Waals surface area contributed by atoms with Gasteiger partial charge in [0.25, 0.3) is 0 Å². The van der Waals surface area contributed by atoms with Crippen LogP contribution in [0.3, 0.4) is 0 Å². The van der Waals surface area contributed by atoms with Gasteiger partial charge in [0.1, 0.15) is 11.2 Å². The van der Waals surface area contributed by atoms with E-state index in [2.05, 4.69) is 4.98 Å². The maximum absolute atomic E-state index is 10.7. The zero-order valence-corrected chi connectivity index (χ0v) is 10.9. The minimum Gasteiger partial charge on any atom is -0.258 e. The molecule has 0 aliphatic heterocycles. The molecule has 8 heteroatoms. The third-order valence-corrected chi connectivity index (χ3v) is 3.56. The summed E-state index contributed by atoms with van der Waals surface area (Å²) in [5.74, 6) is 0. The standard InChI is InChI=1S/C9H2Cl4N2O2/c10-3-1-4(11)9-6(7(3)12)8(13)5(2-14-9)15(16)17/h1-2H. The first-order valence-electron chi connectivity index (χ1n) is 4.19. The maximum Gasteiger partial charge on any atom is 0.306 e. The van der Waals surface area contributed by atoms with Crippen LogP contribution in [0.2, 0.25) is 20.1 Å². The van der Waals surface area contributed by atoms with Gasteiger partial charge in [0.2, 0.25) is 0 Å². The molecule has 0 N–H and O–H groups in total. The van der Waals surface area contributed by atoms with Gasteiger partial charge in [-0.15, -0.1) is 0 Å². The van der Waals surface area contributed by atoms with E-state index in [0.717, 1.165) is 6.20 Å². The molecule has 17 heavy (non-hydrogen) atoms. The summed E-state index contributed by atoms with van der Waals surface area (Å²) < 4.78 is 0. The Morgan fingerprint density at radius 2 is 1.76 bits per heavy atom. The van der Waals surface area contributed by atoms with Crippen molar-refractivity contribution in [3.05, 3.63) is 42.5 Å². The second-order valence-electron chi connectivity index (χ2n) is 3.09. The third-order valence-electron chi connectivity index (χ3n) is 2.10. The first kappa shape index (κ1) is 12.6. The van der Waals surface area contributed by atoms with Crippen LogP contribution in [-0.4, -0.2) is 9.91 Å². The van der Waals surface area contributed by atoms with Crippen molar-refractivity contribution in [3.8, 4) is 0 Å². The van der Waals surface area contributed by atoms with Gasteiger partial charge in [-0.3, -0.25) is 10.1 Å². The Kier molecular flexibility index (Phi) is 3.32. The Labute approximate surface area is 115 Å². The van der Waals surface area contributed by atoms with Crippen LogP contribution in [0.5, 0.6) is 0 Å². The lowest BCUT2D eigenvalue weighted by molar-refractivity contribution is -0.384. The molecule has 0 bridgehead atoms. The van der Waals surface area contributed by atoms with Crippen molar-refractivity contribution < 1.29 is 4.92 Å². The molecule has 2 rings (SSSR count). The summed E-state index contributed by atoms with van der Waals surface area (Å²) in [6.45, 7) is 0. The molecule has 0 saturated heterocycles. The second kappa shape index (κ2) is 4.46. The van der Waals surface area contributed by atoms with Crippen molar-refractivity contribution >= 4 is 63.0 Å². The number of pyridine rings is 1. The molecule has 0 fully saturated rings. The second-order valence-corrected chi connectivity index (χ2v) is 4.66. The molecule has 0 aliphatic rings. The number of halogens is 4. The monoisotopic (exact) mass is 310 g/mol. The Hall–Kier alpha value is -0.810. The maximum atomic E-state index is 10.7. The van der Waals surface area contributed by atoms with Gasteiger partial charge in [0, 0.05) is 5.39 Å². The van der Waals surface area contributed by atoms with Crippen LogP contribution in [0.4, 0.5) is 5.69 Å². The fourth-order valence-electron chi connectivity index (χ4n) is 1.35. The highest BCUT2D eigenvalue weighted by molar-refractivity contribution is 6.50. The van der Waals surface area contributed by atoms with Crippen LogP contribution in [0.15, 0.2) is 12.3 Å². The quantitative estimate of drug-likeness (QED) is 0.433. The van der Waals surface area contributed by atoms with Gasteiger partial charge in [-0.05, 0) is 6.07 Å². The summed E-state index contributed by atoms with van der Waals surface area (Å²) >= 11 is 23.6. The highest BCUT2D eigenvalue weighted by atomic mass is 35.5. The predicted molar refractivity (Wildman–Crippen MR) is 68.4 cm³/mol. The van der Waals surface area contributed by atoms with E-state index in [-0.39, 0.29) is 36.7 Å². The molecule has 0 amide bonds. The van der Waals surface area contributed by atoms with Crippen LogP contribution in [-0.2, 0) is 0 Å². The number of nitro groups is 1. The Balaban J connectivity index is 2.98. The van der Waals surface area contributed by atoms with Gasteiger partial charge < -0.3 is 0 Å². The van der Waals surface area contributed by atoms with Crippen molar-refractivity contribution in [2.24, 2.45) is 0 Å². The lowest BCUT2D eigenvalue weighted by Crippen LogP contribution is -1.93. The molecule has 0 radical (unpaired) electrons. The van der Waals surface area contributed by atoms with E-state index in [1.54, 1.807) is 0 Å². The molecule has 0 atom stereocenters. The Morgan fingerprint density at radius 1 is 1.12 bits per heavy atom. The summed E-state index contributed by atoms with van der Waals surface area (Å²) in [5.41, 5.74) is -0.0731. The summed E-state index contributed by atoms with van der Waals surface area (Å²) in [5, 5.41) is 11.2. The molecular weight excluding hydrogens is 310 g/mol. The molecule has 4 nitrogen and oxygen atoms in total. The molecule has 88 valence electrons.